The third-order valence-corrected chi connectivity index (χ3v) is 5.53. The van der Waals surface area contributed by atoms with Crippen LogP contribution in [-0.2, 0) is 10.0 Å². The topological polar surface area (TPSA) is 63.4 Å². The van der Waals surface area contributed by atoms with Crippen LogP contribution in [0.25, 0.3) is 0 Å². The van der Waals surface area contributed by atoms with Crippen LogP contribution in [0.1, 0.15) is 18.4 Å². The second kappa shape index (κ2) is 5.78. The van der Waals surface area contributed by atoms with E-state index in [-0.39, 0.29) is 10.7 Å². The molecule has 0 amide bonds. The highest BCUT2D eigenvalue weighted by molar-refractivity contribution is 7.89. The Bertz CT molecular complexity index is 660. The van der Waals surface area contributed by atoms with Crippen molar-refractivity contribution in [1.82, 2.24) is 4.31 Å². The van der Waals surface area contributed by atoms with Gasteiger partial charge in [-0.25, -0.2) is 12.8 Å². The number of piperidine rings is 1. The predicted molar refractivity (Wildman–Crippen MR) is 72.1 cm³/mol. The fourth-order valence-corrected chi connectivity index (χ4v) is 4.25. The molecule has 2 unspecified atom stereocenters. The lowest BCUT2D eigenvalue weighted by Crippen LogP contribution is -2.56. The molecule has 9 heteroatoms. The van der Waals surface area contributed by atoms with Crippen LogP contribution in [-0.4, -0.2) is 37.5 Å². The number of sulfonamides is 1. The van der Waals surface area contributed by atoms with Crippen molar-refractivity contribution in [2.45, 2.75) is 42.9 Å². The largest absolute Gasteiger partial charge is 0.405 e. The van der Waals surface area contributed by atoms with Gasteiger partial charge in [-0.15, -0.1) is 0 Å². The number of nitrogens with zero attached hydrogens (tertiary/aromatic N) is 1. The molecular formula is C13H16F4N2O2S. The minimum atomic E-state index is -4.73. The summed E-state index contributed by atoms with van der Waals surface area (Å²) in [5, 5.41) is 0. The van der Waals surface area contributed by atoms with Crippen molar-refractivity contribution in [2.75, 3.05) is 6.54 Å². The van der Waals surface area contributed by atoms with Crippen molar-refractivity contribution in [3.05, 3.63) is 29.6 Å². The highest BCUT2D eigenvalue weighted by Crippen LogP contribution is 2.35. The second-order valence-electron chi connectivity index (χ2n) is 5.40. The Hall–Kier alpha value is -1.19. The zero-order chi connectivity index (χ0) is 16.7. The van der Waals surface area contributed by atoms with Gasteiger partial charge >= 0.3 is 6.18 Å². The molecule has 1 aliphatic heterocycles. The molecule has 1 fully saturated rings. The SMILES string of the molecule is Cc1ccc(S(=O)(=O)N2CC(N)CCC2C(F)(F)F)c(F)c1. The molecule has 22 heavy (non-hydrogen) atoms. The molecule has 1 aromatic rings. The summed E-state index contributed by atoms with van der Waals surface area (Å²) in [6.07, 6.45) is -5.10. The maximum absolute atomic E-state index is 13.9. The average molecular weight is 340 g/mol. The summed E-state index contributed by atoms with van der Waals surface area (Å²) in [4.78, 5) is -0.763. The number of halogens is 4. The van der Waals surface area contributed by atoms with Crippen molar-refractivity contribution < 1.29 is 26.0 Å². The fourth-order valence-electron chi connectivity index (χ4n) is 2.50. The Balaban J connectivity index is 2.48. The summed E-state index contributed by atoms with van der Waals surface area (Å²) in [6.45, 7) is 1.06. The van der Waals surface area contributed by atoms with E-state index in [1.807, 2.05) is 0 Å². The summed E-state index contributed by atoms with van der Waals surface area (Å²) in [5.74, 6) is -1.07. The lowest BCUT2D eigenvalue weighted by atomic mass is 10.0. The predicted octanol–water partition coefficient (Wildman–Crippen LogP) is 2.18. The third kappa shape index (κ3) is 3.26. The van der Waals surface area contributed by atoms with E-state index < -0.39 is 52.0 Å². The van der Waals surface area contributed by atoms with Gasteiger partial charge in [0.15, 0.2) is 0 Å². The molecule has 0 saturated carbocycles. The molecule has 2 N–H and O–H groups in total. The summed E-state index contributed by atoms with van der Waals surface area (Å²) in [5.41, 5.74) is 6.07. The van der Waals surface area contributed by atoms with Crippen LogP contribution < -0.4 is 5.73 Å². The molecule has 2 atom stereocenters. The number of alkyl halides is 3. The minimum absolute atomic E-state index is 0.0621. The average Bonchev–Trinajstić information content (AvgIpc) is 2.36. The standard InChI is InChI=1S/C13H16F4N2O2S/c1-8-2-4-11(10(14)6-8)22(20,21)19-7-9(18)3-5-12(19)13(15,16)17/h2,4,6,9,12H,3,5,7,18H2,1H3. The van der Waals surface area contributed by atoms with Crippen LogP contribution in [0.4, 0.5) is 17.6 Å². The first-order valence-corrected chi connectivity index (χ1v) is 8.08. The van der Waals surface area contributed by atoms with Gasteiger partial charge in [-0.1, -0.05) is 6.07 Å². The van der Waals surface area contributed by atoms with Gasteiger partial charge in [0.05, 0.1) is 0 Å². The number of benzene rings is 1. The Labute approximate surface area is 126 Å². The van der Waals surface area contributed by atoms with Crippen LogP contribution >= 0.6 is 0 Å². The van der Waals surface area contributed by atoms with Gasteiger partial charge in [-0.3, -0.25) is 0 Å². The van der Waals surface area contributed by atoms with Crippen LogP contribution in [0.2, 0.25) is 0 Å². The number of hydrogen-bond donors (Lipinski definition) is 1. The molecule has 2 rings (SSSR count). The molecule has 0 spiro atoms. The smallest absolute Gasteiger partial charge is 0.327 e. The normalized spacial score (nSPS) is 24.5. The summed E-state index contributed by atoms with van der Waals surface area (Å²) < 4.78 is 78.3. The maximum atomic E-state index is 13.9. The van der Waals surface area contributed by atoms with Gasteiger partial charge in [0.2, 0.25) is 10.0 Å². The molecule has 1 saturated heterocycles. The Kier molecular flexibility index (Phi) is 4.51. The first-order valence-electron chi connectivity index (χ1n) is 6.64. The highest BCUT2D eigenvalue weighted by Gasteiger charge is 2.50. The molecule has 1 aliphatic rings. The van der Waals surface area contributed by atoms with Gasteiger partial charge in [-0.05, 0) is 37.5 Å². The quantitative estimate of drug-likeness (QED) is 0.840. The molecule has 0 radical (unpaired) electrons. The van der Waals surface area contributed by atoms with Crippen molar-refractivity contribution in [3.63, 3.8) is 0 Å². The molecule has 0 bridgehead atoms. The van der Waals surface area contributed by atoms with Gasteiger partial charge in [0, 0.05) is 12.6 Å². The van der Waals surface area contributed by atoms with E-state index in [9.17, 15) is 26.0 Å². The van der Waals surface area contributed by atoms with Crippen LogP contribution in [0, 0.1) is 12.7 Å². The van der Waals surface area contributed by atoms with Crippen molar-refractivity contribution >= 4 is 10.0 Å². The van der Waals surface area contributed by atoms with E-state index in [0.717, 1.165) is 12.1 Å². The molecule has 1 aromatic carbocycles. The molecule has 0 aromatic heterocycles. The van der Waals surface area contributed by atoms with E-state index >= 15 is 0 Å². The van der Waals surface area contributed by atoms with Gasteiger partial charge in [0.25, 0.3) is 0 Å². The fraction of sp³-hybridized carbons (Fsp3) is 0.538. The Morgan fingerprint density at radius 1 is 1.27 bits per heavy atom. The Morgan fingerprint density at radius 2 is 1.91 bits per heavy atom. The van der Waals surface area contributed by atoms with E-state index in [0.29, 0.717) is 5.56 Å². The zero-order valence-corrected chi connectivity index (χ0v) is 12.6. The number of hydrogen-bond acceptors (Lipinski definition) is 3. The maximum Gasteiger partial charge on any atom is 0.405 e. The van der Waals surface area contributed by atoms with Crippen LogP contribution in [0.5, 0.6) is 0 Å². The van der Waals surface area contributed by atoms with Crippen molar-refractivity contribution in [1.29, 1.82) is 0 Å². The van der Waals surface area contributed by atoms with Crippen LogP contribution in [0.3, 0.4) is 0 Å². The highest BCUT2D eigenvalue weighted by atomic mass is 32.2. The van der Waals surface area contributed by atoms with E-state index in [1.54, 1.807) is 6.92 Å². The zero-order valence-electron chi connectivity index (χ0n) is 11.8. The van der Waals surface area contributed by atoms with Gasteiger partial charge in [0.1, 0.15) is 16.8 Å². The van der Waals surface area contributed by atoms with Gasteiger partial charge < -0.3 is 5.73 Å². The van der Waals surface area contributed by atoms with Crippen LogP contribution in [0.15, 0.2) is 23.1 Å². The first kappa shape index (κ1) is 17.2. The Morgan fingerprint density at radius 3 is 2.45 bits per heavy atom. The van der Waals surface area contributed by atoms with Crippen molar-refractivity contribution in [2.24, 2.45) is 5.73 Å². The van der Waals surface area contributed by atoms with E-state index in [4.69, 9.17) is 5.73 Å². The lowest BCUT2D eigenvalue weighted by Gasteiger charge is -2.38. The van der Waals surface area contributed by atoms with Crippen molar-refractivity contribution in [3.8, 4) is 0 Å². The third-order valence-electron chi connectivity index (χ3n) is 3.62. The summed E-state index contributed by atoms with van der Waals surface area (Å²) >= 11 is 0. The number of aryl methyl sites for hydroxylation is 1. The first-order chi connectivity index (χ1) is 10.0. The molecular weight excluding hydrogens is 324 g/mol. The number of nitrogens with two attached hydrogens (primary N) is 1. The van der Waals surface area contributed by atoms with E-state index in [1.165, 1.54) is 6.07 Å². The molecule has 1 heterocycles. The molecule has 124 valence electrons. The number of rotatable bonds is 2. The lowest BCUT2D eigenvalue weighted by molar-refractivity contribution is -0.178. The second-order valence-corrected chi connectivity index (χ2v) is 7.26. The summed E-state index contributed by atoms with van der Waals surface area (Å²) in [6, 6.07) is 0.398. The van der Waals surface area contributed by atoms with Gasteiger partial charge in [-0.2, -0.15) is 17.5 Å². The monoisotopic (exact) mass is 340 g/mol. The van der Waals surface area contributed by atoms with E-state index in [2.05, 4.69) is 0 Å². The molecule has 0 aliphatic carbocycles. The summed E-state index contributed by atoms with van der Waals surface area (Å²) in [7, 11) is -4.62. The molecule has 4 nitrogen and oxygen atoms in total. The minimum Gasteiger partial charge on any atom is -0.327 e.